The Kier molecular flexibility index (Phi) is 6.50. The molecule has 0 N–H and O–H groups in total. The van der Waals surface area contributed by atoms with Gasteiger partial charge < -0.3 is 14.4 Å². The molecule has 0 aromatic heterocycles. The normalized spacial score (nSPS) is 14.9. The lowest BCUT2D eigenvalue weighted by molar-refractivity contribution is -0.133. The molecule has 2 aromatic carbocycles. The average Bonchev–Trinajstić information content (AvgIpc) is 2.69. The molecule has 5 nitrogen and oxygen atoms in total. The van der Waals surface area contributed by atoms with E-state index in [2.05, 4.69) is 29.2 Å². The third-order valence-electron chi connectivity index (χ3n) is 4.62. The van der Waals surface area contributed by atoms with Crippen LogP contribution in [0.15, 0.2) is 54.6 Å². The van der Waals surface area contributed by atoms with E-state index in [4.69, 9.17) is 9.47 Å². The first kappa shape index (κ1) is 18.3. The van der Waals surface area contributed by atoms with Crippen molar-refractivity contribution in [2.45, 2.75) is 13.0 Å². The van der Waals surface area contributed by atoms with Gasteiger partial charge in [-0.3, -0.25) is 9.69 Å². The van der Waals surface area contributed by atoms with Gasteiger partial charge in [-0.05, 0) is 17.7 Å². The molecule has 1 saturated heterocycles. The van der Waals surface area contributed by atoms with E-state index < -0.39 is 0 Å². The van der Waals surface area contributed by atoms with Gasteiger partial charge in [-0.15, -0.1) is 0 Å². The van der Waals surface area contributed by atoms with Gasteiger partial charge in [0, 0.05) is 32.7 Å². The van der Waals surface area contributed by atoms with Crippen molar-refractivity contribution in [3.05, 3.63) is 60.2 Å². The largest absolute Gasteiger partial charge is 0.493 e. The van der Waals surface area contributed by atoms with Crippen LogP contribution in [0.1, 0.15) is 12.0 Å². The average molecular weight is 354 g/mol. The number of amides is 1. The minimum Gasteiger partial charge on any atom is -0.493 e. The number of rotatable bonds is 7. The molecule has 1 amide bonds. The van der Waals surface area contributed by atoms with Gasteiger partial charge >= 0.3 is 0 Å². The molecule has 0 saturated carbocycles. The van der Waals surface area contributed by atoms with Crippen molar-refractivity contribution in [3.8, 4) is 11.5 Å². The Labute approximate surface area is 155 Å². The number of methoxy groups -OCH3 is 1. The second-order valence-electron chi connectivity index (χ2n) is 6.39. The highest BCUT2D eigenvalue weighted by molar-refractivity contribution is 5.76. The molecule has 138 valence electrons. The van der Waals surface area contributed by atoms with E-state index >= 15 is 0 Å². The third-order valence-corrected chi connectivity index (χ3v) is 4.62. The number of nitrogens with zero attached hydrogens (tertiary/aromatic N) is 2. The van der Waals surface area contributed by atoms with Crippen LogP contribution in [-0.2, 0) is 11.3 Å². The lowest BCUT2D eigenvalue weighted by Gasteiger charge is -2.34. The molecule has 1 heterocycles. The lowest BCUT2D eigenvalue weighted by Crippen LogP contribution is -2.48. The number of ether oxygens (including phenoxy) is 2. The minimum atomic E-state index is 0.152. The second-order valence-corrected chi connectivity index (χ2v) is 6.39. The van der Waals surface area contributed by atoms with Gasteiger partial charge in [0.25, 0.3) is 0 Å². The van der Waals surface area contributed by atoms with E-state index in [1.165, 1.54) is 5.56 Å². The standard InChI is InChI=1S/C21H26N2O3/c1-25-19-9-5-6-10-20(19)26-16-11-21(24)23-14-12-22(13-15-23)17-18-7-3-2-4-8-18/h2-10H,11-17H2,1H3. The van der Waals surface area contributed by atoms with Crippen molar-refractivity contribution in [1.82, 2.24) is 9.80 Å². The van der Waals surface area contributed by atoms with E-state index in [-0.39, 0.29) is 5.91 Å². The Bertz CT molecular complexity index is 697. The van der Waals surface area contributed by atoms with Crippen LogP contribution in [0, 0.1) is 0 Å². The summed E-state index contributed by atoms with van der Waals surface area (Å²) in [6, 6.07) is 18.0. The number of benzene rings is 2. The highest BCUT2D eigenvalue weighted by Crippen LogP contribution is 2.25. The third kappa shape index (κ3) is 4.99. The van der Waals surface area contributed by atoms with E-state index in [1.54, 1.807) is 7.11 Å². The first-order valence-electron chi connectivity index (χ1n) is 9.06. The molecule has 0 unspecified atom stereocenters. The fraction of sp³-hybridized carbons (Fsp3) is 0.381. The summed E-state index contributed by atoms with van der Waals surface area (Å²) in [4.78, 5) is 16.7. The van der Waals surface area contributed by atoms with Crippen LogP contribution in [0.5, 0.6) is 11.5 Å². The topological polar surface area (TPSA) is 42.0 Å². The Morgan fingerprint density at radius 2 is 1.58 bits per heavy atom. The molecule has 1 aliphatic rings. The van der Waals surface area contributed by atoms with Crippen molar-refractivity contribution < 1.29 is 14.3 Å². The SMILES string of the molecule is COc1ccccc1OCCC(=O)N1CCN(Cc2ccccc2)CC1. The number of hydrogen-bond donors (Lipinski definition) is 0. The Morgan fingerprint density at radius 3 is 2.27 bits per heavy atom. The first-order valence-corrected chi connectivity index (χ1v) is 9.06. The number of para-hydroxylation sites is 2. The monoisotopic (exact) mass is 354 g/mol. The van der Waals surface area contributed by atoms with Crippen molar-refractivity contribution >= 4 is 5.91 Å². The van der Waals surface area contributed by atoms with Crippen molar-refractivity contribution in [2.75, 3.05) is 39.9 Å². The van der Waals surface area contributed by atoms with Gasteiger partial charge in [-0.2, -0.15) is 0 Å². The summed E-state index contributed by atoms with van der Waals surface area (Å²) in [7, 11) is 1.61. The maximum atomic E-state index is 12.4. The quantitative estimate of drug-likeness (QED) is 0.767. The van der Waals surface area contributed by atoms with E-state index in [1.807, 2.05) is 35.2 Å². The molecule has 0 aliphatic carbocycles. The van der Waals surface area contributed by atoms with Crippen LogP contribution in [0.4, 0.5) is 0 Å². The molecule has 2 aromatic rings. The fourth-order valence-corrected chi connectivity index (χ4v) is 3.14. The Morgan fingerprint density at radius 1 is 0.923 bits per heavy atom. The zero-order chi connectivity index (χ0) is 18.2. The number of carbonyl (C=O) groups excluding carboxylic acids is 1. The van der Waals surface area contributed by atoms with Gasteiger partial charge in [0.1, 0.15) is 0 Å². The van der Waals surface area contributed by atoms with Crippen LogP contribution < -0.4 is 9.47 Å². The van der Waals surface area contributed by atoms with E-state index in [0.717, 1.165) is 32.7 Å². The minimum absolute atomic E-state index is 0.152. The molecule has 0 spiro atoms. The predicted octanol–water partition coefficient (Wildman–Crippen LogP) is 2.81. The summed E-state index contributed by atoms with van der Waals surface area (Å²) in [6.45, 7) is 4.69. The molecule has 26 heavy (non-hydrogen) atoms. The summed E-state index contributed by atoms with van der Waals surface area (Å²) in [5, 5.41) is 0. The summed E-state index contributed by atoms with van der Waals surface area (Å²) < 4.78 is 11.0. The zero-order valence-corrected chi connectivity index (χ0v) is 15.3. The molecule has 0 bridgehead atoms. The van der Waals surface area contributed by atoms with Crippen LogP contribution >= 0.6 is 0 Å². The molecular formula is C21H26N2O3. The maximum absolute atomic E-state index is 12.4. The van der Waals surface area contributed by atoms with Crippen molar-refractivity contribution in [2.24, 2.45) is 0 Å². The second kappa shape index (κ2) is 9.25. The Balaban J connectivity index is 1.39. The van der Waals surface area contributed by atoms with Crippen molar-refractivity contribution in [3.63, 3.8) is 0 Å². The van der Waals surface area contributed by atoms with Crippen LogP contribution in [-0.4, -0.2) is 55.6 Å². The molecular weight excluding hydrogens is 328 g/mol. The van der Waals surface area contributed by atoms with Gasteiger partial charge in [0.15, 0.2) is 11.5 Å². The van der Waals surface area contributed by atoms with Crippen LogP contribution in [0.25, 0.3) is 0 Å². The summed E-state index contributed by atoms with van der Waals surface area (Å²) in [5.41, 5.74) is 1.32. The fourth-order valence-electron chi connectivity index (χ4n) is 3.14. The lowest BCUT2D eigenvalue weighted by atomic mass is 10.2. The molecule has 5 heteroatoms. The molecule has 0 radical (unpaired) electrons. The van der Waals surface area contributed by atoms with E-state index in [9.17, 15) is 4.79 Å². The van der Waals surface area contributed by atoms with Gasteiger partial charge in [0.2, 0.25) is 5.91 Å². The van der Waals surface area contributed by atoms with Crippen LogP contribution in [0.3, 0.4) is 0 Å². The molecule has 0 atom stereocenters. The smallest absolute Gasteiger partial charge is 0.226 e. The first-order chi connectivity index (χ1) is 12.8. The van der Waals surface area contributed by atoms with Crippen LogP contribution in [0.2, 0.25) is 0 Å². The van der Waals surface area contributed by atoms with E-state index in [0.29, 0.717) is 24.5 Å². The maximum Gasteiger partial charge on any atom is 0.226 e. The Hall–Kier alpha value is -2.53. The van der Waals surface area contributed by atoms with Gasteiger partial charge in [-0.1, -0.05) is 42.5 Å². The molecule has 1 aliphatic heterocycles. The predicted molar refractivity (Wildman–Crippen MR) is 101 cm³/mol. The molecule has 3 rings (SSSR count). The summed E-state index contributed by atoms with van der Waals surface area (Å²) in [6.07, 6.45) is 0.386. The summed E-state index contributed by atoms with van der Waals surface area (Å²) >= 11 is 0. The number of hydrogen-bond acceptors (Lipinski definition) is 4. The van der Waals surface area contributed by atoms with Gasteiger partial charge in [-0.25, -0.2) is 0 Å². The summed E-state index contributed by atoms with van der Waals surface area (Å²) in [5.74, 6) is 1.52. The van der Waals surface area contributed by atoms with Gasteiger partial charge in [0.05, 0.1) is 20.1 Å². The molecule has 1 fully saturated rings. The highest BCUT2D eigenvalue weighted by Gasteiger charge is 2.21. The highest BCUT2D eigenvalue weighted by atomic mass is 16.5. The number of piperazine rings is 1. The number of carbonyl (C=O) groups is 1. The zero-order valence-electron chi connectivity index (χ0n) is 15.3. The van der Waals surface area contributed by atoms with Crippen molar-refractivity contribution in [1.29, 1.82) is 0 Å².